The fourth-order valence-corrected chi connectivity index (χ4v) is 4.82. The van der Waals surface area contributed by atoms with E-state index in [4.69, 9.17) is 0 Å². The van der Waals surface area contributed by atoms with Crippen LogP contribution in [0.4, 0.5) is 0 Å². The van der Waals surface area contributed by atoms with Gasteiger partial charge in [-0.25, -0.2) is 9.63 Å². The summed E-state index contributed by atoms with van der Waals surface area (Å²) in [5, 5.41) is 1.62. The summed E-state index contributed by atoms with van der Waals surface area (Å²) in [6.45, 7) is 5.22. The summed E-state index contributed by atoms with van der Waals surface area (Å²) in [6, 6.07) is 3.61. The van der Waals surface area contributed by atoms with Crippen molar-refractivity contribution in [3.05, 3.63) is 39.3 Å². The molecule has 2 aromatic rings. The maximum absolute atomic E-state index is 12.6. The van der Waals surface area contributed by atoms with Gasteiger partial charge in [0.25, 0.3) is 10.0 Å². The first-order valence-corrected chi connectivity index (χ1v) is 8.48. The summed E-state index contributed by atoms with van der Waals surface area (Å²) in [4.78, 5) is 14.2. The van der Waals surface area contributed by atoms with Crippen molar-refractivity contribution in [1.82, 2.24) is 4.68 Å². The van der Waals surface area contributed by atoms with E-state index in [1.807, 2.05) is 0 Å². The molecular formula is C13H16N2O4S2. The number of hydrogen-bond acceptors (Lipinski definition) is 5. The van der Waals surface area contributed by atoms with Crippen LogP contribution in [0.25, 0.3) is 0 Å². The summed E-state index contributed by atoms with van der Waals surface area (Å²) in [5.74, 6) is -0.658. The van der Waals surface area contributed by atoms with Crippen LogP contribution in [-0.4, -0.2) is 26.2 Å². The molecule has 2 aromatic heterocycles. The molecule has 0 unspecified atom stereocenters. The fourth-order valence-electron chi connectivity index (χ4n) is 1.98. The third-order valence-corrected chi connectivity index (χ3v) is 5.73. The molecule has 21 heavy (non-hydrogen) atoms. The van der Waals surface area contributed by atoms with Gasteiger partial charge in [0.05, 0.1) is 7.11 Å². The average molecular weight is 328 g/mol. The molecule has 0 atom stereocenters. The summed E-state index contributed by atoms with van der Waals surface area (Å²) in [7, 11) is -2.66. The van der Waals surface area contributed by atoms with Gasteiger partial charge in [-0.3, -0.25) is 4.68 Å². The van der Waals surface area contributed by atoms with Crippen LogP contribution in [0.1, 0.15) is 26.6 Å². The lowest BCUT2D eigenvalue weighted by atomic mass is 10.3. The normalized spacial score (nSPS) is 11.4. The van der Waals surface area contributed by atoms with E-state index in [1.165, 1.54) is 11.8 Å². The molecule has 0 fully saturated rings. The number of nitrogens with one attached hydrogen (secondary N) is 1. The van der Waals surface area contributed by atoms with E-state index in [-0.39, 0.29) is 9.77 Å². The van der Waals surface area contributed by atoms with E-state index in [2.05, 4.69) is 9.57 Å². The number of methoxy groups -OCH3 is 1. The van der Waals surface area contributed by atoms with Crippen LogP contribution in [-0.2, 0) is 14.8 Å². The Labute approximate surface area is 127 Å². The second kappa shape index (κ2) is 5.53. The zero-order valence-corrected chi connectivity index (χ0v) is 13.8. The van der Waals surface area contributed by atoms with Crippen LogP contribution in [0.3, 0.4) is 0 Å². The molecule has 2 rings (SSSR count). The number of carbonyl (C=O) groups excluding carboxylic acids is 1. The van der Waals surface area contributed by atoms with Gasteiger partial charge in [0.1, 0.15) is 9.77 Å². The second-order valence-electron chi connectivity index (χ2n) is 4.61. The standard InChI is InChI=1S/C13H16N2O4S2/c1-8-7-20-11(13(16)19-4)12(8)21(17,18)14-15-9(2)5-6-10(15)3/h5-7,14H,1-4H3. The van der Waals surface area contributed by atoms with Crippen molar-refractivity contribution in [2.75, 3.05) is 11.9 Å². The van der Waals surface area contributed by atoms with E-state index in [9.17, 15) is 13.2 Å². The van der Waals surface area contributed by atoms with Crippen molar-refractivity contribution >= 4 is 27.3 Å². The lowest BCUT2D eigenvalue weighted by Crippen LogP contribution is -2.26. The SMILES string of the molecule is COC(=O)c1scc(C)c1S(=O)(=O)Nn1c(C)ccc1C. The highest BCUT2D eigenvalue weighted by Gasteiger charge is 2.28. The molecule has 0 aromatic carbocycles. The molecule has 0 saturated heterocycles. The fraction of sp³-hybridized carbons (Fsp3) is 0.308. The van der Waals surface area contributed by atoms with Gasteiger partial charge in [0.15, 0.2) is 0 Å². The maximum atomic E-state index is 12.6. The van der Waals surface area contributed by atoms with E-state index in [1.54, 1.807) is 38.3 Å². The number of rotatable bonds is 4. The summed E-state index contributed by atoms with van der Waals surface area (Å²) in [6.07, 6.45) is 0. The first kappa shape index (κ1) is 15.6. The van der Waals surface area contributed by atoms with Crippen molar-refractivity contribution in [2.45, 2.75) is 25.7 Å². The highest BCUT2D eigenvalue weighted by molar-refractivity contribution is 7.92. The molecule has 8 heteroatoms. The number of hydrogen-bond donors (Lipinski definition) is 1. The Kier molecular flexibility index (Phi) is 4.11. The number of ether oxygens (including phenoxy) is 1. The van der Waals surface area contributed by atoms with Crippen molar-refractivity contribution in [2.24, 2.45) is 0 Å². The van der Waals surface area contributed by atoms with Crippen LogP contribution in [0.2, 0.25) is 0 Å². The summed E-state index contributed by atoms with van der Waals surface area (Å²) < 4.78 is 31.3. The maximum Gasteiger partial charge on any atom is 0.349 e. The monoisotopic (exact) mass is 328 g/mol. The van der Waals surface area contributed by atoms with Gasteiger partial charge in [0.2, 0.25) is 0 Å². The summed E-state index contributed by atoms with van der Waals surface area (Å²) >= 11 is 1.05. The van der Waals surface area contributed by atoms with Gasteiger partial charge in [-0.1, -0.05) is 0 Å². The zero-order chi connectivity index (χ0) is 15.8. The number of nitrogens with zero attached hydrogens (tertiary/aromatic N) is 1. The summed E-state index contributed by atoms with van der Waals surface area (Å²) in [5.41, 5.74) is 2.02. The Morgan fingerprint density at radius 3 is 2.33 bits per heavy atom. The second-order valence-corrected chi connectivity index (χ2v) is 7.09. The molecule has 0 aliphatic carbocycles. The predicted molar refractivity (Wildman–Crippen MR) is 80.8 cm³/mol. The number of carbonyl (C=O) groups is 1. The molecule has 0 aliphatic rings. The quantitative estimate of drug-likeness (QED) is 0.873. The van der Waals surface area contributed by atoms with E-state index >= 15 is 0 Å². The number of aromatic nitrogens is 1. The van der Waals surface area contributed by atoms with E-state index < -0.39 is 16.0 Å². The molecule has 1 N–H and O–H groups in total. The van der Waals surface area contributed by atoms with Gasteiger partial charge in [0, 0.05) is 11.4 Å². The van der Waals surface area contributed by atoms with Gasteiger partial charge < -0.3 is 4.74 Å². The first-order chi connectivity index (χ1) is 9.77. The highest BCUT2D eigenvalue weighted by atomic mass is 32.2. The third kappa shape index (κ3) is 2.81. The van der Waals surface area contributed by atoms with E-state index in [0.717, 1.165) is 22.7 Å². The molecule has 0 radical (unpaired) electrons. The van der Waals surface area contributed by atoms with Crippen molar-refractivity contribution in [1.29, 1.82) is 0 Å². The third-order valence-electron chi connectivity index (χ3n) is 3.04. The van der Waals surface area contributed by atoms with Crippen LogP contribution in [0.15, 0.2) is 22.4 Å². The molecule has 0 aliphatic heterocycles. The molecule has 6 nitrogen and oxygen atoms in total. The molecule has 0 amide bonds. The molecule has 2 heterocycles. The zero-order valence-electron chi connectivity index (χ0n) is 12.1. The lowest BCUT2D eigenvalue weighted by Gasteiger charge is -2.14. The van der Waals surface area contributed by atoms with E-state index in [0.29, 0.717) is 5.56 Å². The van der Waals surface area contributed by atoms with Crippen LogP contribution >= 0.6 is 11.3 Å². The predicted octanol–water partition coefficient (Wildman–Crippen LogP) is 2.19. The van der Waals surface area contributed by atoms with Crippen LogP contribution in [0, 0.1) is 20.8 Å². The minimum absolute atomic E-state index is 0.0353. The Morgan fingerprint density at radius 1 is 1.24 bits per heavy atom. The van der Waals surface area contributed by atoms with Gasteiger partial charge in [-0.15, -0.1) is 11.3 Å². The Morgan fingerprint density at radius 2 is 1.81 bits per heavy atom. The number of esters is 1. The number of thiophene rings is 1. The van der Waals surface area contributed by atoms with Crippen LogP contribution < -0.4 is 4.83 Å². The number of aryl methyl sites for hydroxylation is 3. The van der Waals surface area contributed by atoms with Crippen LogP contribution in [0.5, 0.6) is 0 Å². The number of sulfonamides is 1. The van der Waals surface area contributed by atoms with Gasteiger partial charge >= 0.3 is 5.97 Å². The Balaban J connectivity index is 2.50. The molecule has 0 saturated carbocycles. The van der Waals surface area contributed by atoms with Crippen molar-refractivity contribution in [3.8, 4) is 0 Å². The Bertz CT molecular complexity index is 768. The molecule has 0 bridgehead atoms. The minimum Gasteiger partial charge on any atom is -0.465 e. The lowest BCUT2D eigenvalue weighted by molar-refractivity contribution is 0.0602. The molecule has 114 valence electrons. The van der Waals surface area contributed by atoms with Gasteiger partial charge in [-0.2, -0.15) is 8.42 Å². The minimum atomic E-state index is -3.88. The van der Waals surface area contributed by atoms with Gasteiger partial charge in [-0.05, 0) is 43.8 Å². The Hall–Kier alpha value is -1.80. The van der Waals surface area contributed by atoms with Crippen molar-refractivity contribution < 1.29 is 17.9 Å². The largest absolute Gasteiger partial charge is 0.465 e. The smallest absolute Gasteiger partial charge is 0.349 e. The molecule has 0 spiro atoms. The topological polar surface area (TPSA) is 77.4 Å². The highest BCUT2D eigenvalue weighted by Crippen LogP contribution is 2.28. The van der Waals surface area contributed by atoms with Crippen molar-refractivity contribution in [3.63, 3.8) is 0 Å². The molecular weight excluding hydrogens is 312 g/mol. The average Bonchev–Trinajstić information content (AvgIpc) is 2.95. The first-order valence-electron chi connectivity index (χ1n) is 6.12.